The number of amides is 1. The lowest BCUT2D eigenvalue weighted by Crippen LogP contribution is -2.31. The summed E-state index contributed by atoms with van der Waals surface area (Å²) in [7, 11) is -1.84. The third-order valence-corrected chi connectivity index (χ3v) is 6.26. The molecular formula is C20H26FN3O3S. The fourth-order valence-electron chi connectivity index (χ4n) is 2.90. The van der Waals surface area contributed by atoms with Gasteiger partial charge in [0.2, 0.25) is 15.9 Å². The monoisotopic (exact) mass is 407 g/mol. The molecule has 0 fully saturated rings. The summed E-state index contributed by atoms with van der Waals surface area (Å²) in [6, 6.07) is 12.4. The maximum atomic E-state index is 13.3. The molecule has 28 heavy (non-hydrogen) atoms. The minimum atomic E-state index is -3.59. The molecule has 152 valence electrons. The van der Waals surface area contributed by atoms with E-state index in [-0.39, 0.29) is 23.2 Å². The molecule has 0 saturated heterocycles. The van der Waals surface area contributed by atoms with Gasteiger partial charge in [0.25, 0.3) is 0 Å². The van der Waals surface area contributed by atoms with Crippen molar-refractivity contribution in [1.29, 1.82) is 0 Å². The highest BCUT2D eigenvalue weighted by Gasteiger charge is 2.21. The topological polar surface area (TPSA) is 69.7 Å². The summed E-state index contributed by atoms with van der Waals surface area (Å²) in [5.41, 5.74) is 1.18. The first-order valence-corrected chi connectivity index (χ1v) is 10.5. The Balaban J connectivity index is 2.02. The number of nitrogens with one attached hydrogen (secondary N) is 1. The lowest BCUT2D eigenvalue weighted by atomic mass is 10.2. The second kappa shape index (κ2) is 9.77. The van der Waals surface area contributed by atoms with Gasteiger partial charge in [0.05, 0.1) is 11.4 Å². The van der Waals surface area contributed by atoms with Crippen LogP contribution in [0.25, 0.3) is 0 Å². The first kappa shape index (κ1) is 22.0. The van der Waals surface area contributed by atoms with E-state index in [1.165, 1.54) is 28.6 Å². The van der Waals surface area contributed by atoms with Crippen LogP contribution in [0.3, 0.4) is 0 Å². The lowest BCUT2D eigenvalue weighted by molar-refractivity contribution is -0.117. The maximum absolute atomic E-state index is 13.3. The van der Waals surface area contributed by atoms with Crippen LogP contribution in [0, 0.1) is 5.82 Å². The first-order chi connectivity index (χ1) is 13.3. The summed E-state index contributed by atoms with van der Waals surface area (Å²) in [4.78, 5) is 14.2. The van der Waals surface area contributed by atoms with Crippen LogP contribution in [-0.2, 0) is 21.4 Å². The fraction of sp³-hybridized carbons (Fsp3) is 0.350. The number of likely N-dealkylation sites (N-methyl/N-ethyl adjacent to an activating group) is 1. The van der Waals surface area contributed by atoms with Crippen molar-refractivity contribution in [2.24, 2.45) is 0 Å². The Morgan fingerprint density at radius 1 is 1.07 bits per heavy atom. The van der Waals surface area contributed by atoms with Gasteiger partial charge >= 0.3 is 0 Å². The Hall–Kier alpha value is -2.29. The molecule has 0 heterocycles. The molecule has 2 rings (SSSR count). The van der Waals surface area contributed by atoms with Gasteiger partial charge < -0.3 is 5.32 Å². The van der Waals surface area contributed by atoms with Gasteiger partial charge in [-0.05, 0) is 42.9 Å². The predicted molar refractivity (Wildman–Crippen MR) is 108 cm³/mol. The first-order valence-electron chi connectivity index (χ1n) is 9.09. The Morgan fingerprint density at radius 2 is 1.75 bits per heavy atom. The molecule has 0 aliphatic carbocycles. The van der Waals surface area contributed by atoms with Crippen molar-refractivity contribution in [3.05, 3.63) is 59.9 Å². The third kappa shape index (κ3) is 5.85. The van der Waals surface area contributed by atoms with Crippen LogP contribution in [0.1, 0.15) is 19.4 Å². The number of nitrogens with zero attached hydrogens (tertiary/aromatic N) is 2. The second-order valence-electron chi connectivity index (χ2n) is 6.47. The van der Waals surface area contributed by atoms with Gasteiger partial charge in [-0.1, -0.05) is 32.0 Å². The molecule has 0 unspecified atom stereocenters. The Labute approximate surface area is 166 Å². The van der Waals surface area contributed by atoms with Gasteiger partial charge in [-0.2, -0.15) is 4.31 Å². The number of benzene rings is 2. The van der Waals surface area contributed by atoms with Crippen molar-refractivity contribution < 1.29 is 17.6 Å². The van der Waals surface area contributed by atoms with E-state index in [1.54, 1.807) is 50.1 Å². The summed E-state index contributed by atoms with van der Waals surface area (Å²) >= 11 is 0. The van der Waals surface area contributed by atoms with Crippen LogP contribution in [0.4, 0.5) is 10.1 Å². The molecule has 0 saturated carbocycles. The van der Waals surface area contributed by atoms with Crippen LogP contribution in [-0.4, -0.2) is 50.2 Å². The van der Waals surface area contributed by atoms with Crippen LogP contribution >= 0.6 is 0 Å². The van der Waals surface area contributed by atoms with E-state index in [0.717, 1.165) is 5.56 Å². The van der Waals surface area contributed by atoms with Crippen molar-refractivity contribution in [3.63, 3.8) is 0 Å². The number of halogens is 1. The van der Waals surface area contributed by atoms with E-state index in [1.807, 2.05) is 0 Å². The maximum Gasteiger partial charge on any atom is 0.243 e. The quantitative estimate of drug-likeness (QED) is 0.694. The van der Waals surface area contributed by atoms with E-state index in [2.05, 4.69) is 5.32 Å². The molecule has 0 aromatic heterocycles. The van der Waals surface area contributed by atoms with Crippen molar-refractivity contribution in [3.8, 4) is 0 Å². The number of hydrogen-bond acceptors (Lipinski definition) is 4. The number of carbonyl (C=O) groups excluding carboxylic acids is 1. The Morgan fingerprint density at radius 3 is 2.39 bits per heavy atom. The Bertz CT molecular complexity index is 914. The molecule has 8 heteroatoms. The zero-order valence-corrected chi connectivity index (χ0v) is 17.2. The second-order valence-corrected chi connectivity index (χ2v) is 8.41. The van der Waals surface area contributed by atoms with Crippen molar-refractivity contribution in [2.75, 3.05) is 32.0 Å². The van der Waals surface area contributed by atoms with Gasteiger partial charge in [-0.25, -0.2) is 12.8 Å². The smallest absolute Gasteiger partial charge is 0.243 e. The zero-order chi connectivity index (χ0) is 20.7. The molecule has 0 atom stereocenters. The zero-order valence-electron chi connectivity index (χ0n) is 16.4. The fourth-order valence-corrected chi connectivity index (χ4v) is 4.40. The molecular weight excluding hydrogens is 381 g/mol. The van der Waals surface area contributed by atoms with Crippen molar-refractivity contribution in [2.45, 2.75) is 25.3 Å². The summed E-state index contributed by atoms with van der Waals surface area (Å²) in [5.74, 6) is -0.599. The molecule has 1 N–H and O–H groups in total. The number of carbonyl (C=O) groups is 1. The van der Waals surface area contributed by atoms with Gasteiger partial charge in [-0.3, -0.25) is 9.69 Å². The highest BCUT2D eigenvalue weighted by molar-refractivity contribution is 7.89. The largest absolute Gasteiger partial charge is 0.325 e. The number of hydrogen-bond donors (Lipinski definition) is 1. The minimum Gasteiger partial charge on any atom is -0.325 e. The highest BCUT2D eigenvalue weighted by Crippen LogP contribution is 2.19. The number of rotatable bonds is 9. The molecule has 2 aromatic carbocycles. The standard InChI is InChI=1S/C20H26FN3O3S/c1-4-24(5-2)28(26,27)19-11-7-10-18(13-19)22-20(25)15-23(3)14-16-8-6-9-17(21)12-16/h6-13H,4-5,14-15H2,1-3H3,(H,22,25). The van der Waals surface area contributed by atoms with Crippen molar-refractivity contribution >= 4 is 21.6 Å². The van der Waals surface area contributed by atoms with Crippen LogP contribution in [0.5, 0.6) is 0 Å². The summed E-state index contributed by atoms with van der Waals surface area (Å²) in [5, 5.41) is 2.72. The number of anilines is 1. The molecule has 0 aliphatic heterocycles. The van der Waals surface area contributed by atoms with Gasteiger partial charge in [0.15, 0.2) is 0 Å². The van der Waals surface area contributed by atoms with Crippen LogP contribution < -0.4 is 5.32 Å². The van der Waals surface area contributed by atoms with Crippen LogP contribution in [0.2, 0.25) is 0 Å². The van der Waals surface area contributed by atoms with Gasteiger partial charge in [0, 0.05) is 25.3 Å². The van der Waals surface area contributed by atoms with E-state index < -0.39 is 10.0 Å². The minimum absolute atomic E-state index is 0.0868. The molecule has 6 nitrogen and oxygen atoms in total. The molecule has 1 amide bonds. The van der Waals surface area contributed by atoms with Crippen molar-refractivity contribution in [1.82, 2.24) is 9.21 Å². The van der Waals surface area contributed by atoms with Crippen LogP contribution in [0.15, 0.2) is 53.4 Å². The summed E-state index contributed by atoms with van der Waals surface area (Å²) in [6.07, 6.45) is 0. The van der Waals surface area contributed by atoms with E-state index in [9.17, 15) is 17.6 Å². The Kier molecular flexibility index (Phi) is 7.68. The normalized spacial score (nSPS) is 11.8. The molecule has 0 spiro atoms. The third-order valence-electron chi connectivity index (χ3n) is 4.22. The van der Waals surface area contributed by atoms with E-state index >= 15 is 0 Å². The molecule has 0 aliphatic rings. The number of sulfonamides is 1. The molecule has 0 radical (unpaired) electrons. The van der Waals surface area contributed by atoms with E-state index in [0.29, 0.717) is 25.3 Å². The van der Waals surface area contributed by atoms with Gasteiger partial charge in [-0.15, -0.1) is 0 Å². The average Bonchev–Trinajstić information content (AvgIpc) is 2.62. The van der Waals surface area contributed by atoms with E-state index in [4.69, 9.17) is 0 Å². The summed E-state index contributed by atoms with van der Waals surface area (Å²) < 4.78 is 39.9. The molecule has 2 aromatic rings. The molecule has 0 bridgehead atoms. The summed E-state index contributed by atoms with van der Waals surface area (Å²) in [6.45, 7) is 4.81. The highest BCUT2D eigenvalue weighted by atomic mass is 32.2. The van der Waals surface area contributed by atoms with Gasteiger partial charge in [0.1, 0.15) is 5.82 Å². The predicted octanol–water partition coefficient (Wildman–Crippen LogP) is 2.93. The average molecular weight is 408 g/mol. The SMILES string of the molecule is CCN(CC)S(=O)(=O)c1cccc(NC(=O)CN(C)Cc2cccc(F)c2)c1. The lowest BCUT2D eigenvalue weighted by Gasteiger charge is -2.19.